The summed E-state index contributed by atoms with van der Waals surface area (Å²) in [6.45, 7) is 0. The van der Waals surface area contributed by atoms with Gasteiger partial charge in [0.25, 0.3) is 0 Å². The summed E-state index contributed by atoms with van der Waals surface area (Å²) in [5.74, 6) is 0. The summed E-state index contributed by atoms with van der Waals surface area (Å²) in [6, 6.07) is 6.58. The molecular formula is C12H10BrClF3NS. The number of hydrogen-bond acceptors (Lipinski definition) is 2. The maximum atomic E-state index is 12.7. The Kier molecular flexibility index (Phi) is 5.43. The average molecular weight is 373 g/mol. The zero-order chi connectivity index (χ0) is 13.3. The minimum atomic E-state index is -4.36. The van der Waals surface area contributed by atoms with E-state index in [1.165, 1.54) is 17.4 Å². The lowest BCUT2D eigenvalue weighted by Gasteiger charge is -2.15. The van der Waals surface area contributed by atoms with E-state index in [2.05, 4.69) is 15.9 Å². The number of benzene rings is 1. The largest absolute Gasteiger partial charge is 0.416 e. The maximum absolute atomic E-state index is 12.7. The molecule has 0 fully saturated rings. The number of nitrogens with two attached hydrogens (primary N) is 1. The number of hydrogen-bond donors (Lipinski definition) is 1. The molecule has 0 bridgehead atoms. The maximum Gasteiger partial charge on any atom is 0.416 e. The monoisotopic (exact) mass is 371 g/mol. The van der Waals surface area contributed by atoms with E-state index in [9.17, 15) is 13.2 Å². The summed E-state index contributed by atoms with van der Waals surface area (Å²) >= 11 is 4.66. The Balaban J connectivity index is 0.00000180. The highest BCUT2D eigenvalue weighted by molar-refractivity contribution is 9.10. The Morgan fingerprint density at radius 1 is 1.21 bits per heavy atom. The Bertz CT molecular complexity index is 542. The lowest BCUT2D eigenvalue weighted by molar-refractivity contribution is -0.137. The van der Waals surface area contributed by atoms with Gasteiger partial charge in [0.1, 0.15) is 0 Å². The molecule has 2 rings (SSSR count). The van der Waals surface area contributed by atoms with Crippen LogP contribution in [0.5, 0.6) is 0 Å². The summed E-state index contributed by atoms with van der Waals surface area (Å²) in [5.41, 5.74) is 5.74. The standard InChI is InChI=1S/C12H9BrF3NS.ClH/c13-9-4-3-7(12(14,15)16)6-8(9)11(17)10-2-1-5-18-10;/h1-6,11H,17H2;1H/t11-;/m1./s1. The van der Waals surface area contributed by atoms with Crippen molar-refractivity contribution in [1.82, 2.24) is 0 Å². The van der Waals surface area contributed by atoms with E-state index < -0.39 is 17.8 Å². The van der Waals surface area contributed by atoms with Crippen molar-refractivity contribution < 1.29 is 13.2 Å². The van der Waals surface area contributed by atoms with Crippen molar-refractivity contribution in [1.29, 1.82) is 0 Å². The fourth-order valence-corrected chi connectivity index (χ4v) is 2.82. The summed E-state index contributed by atoms with van der Waals surface area (Å²) in [4.78, 5) is 0.829. The molecule has 1 atom stereocenters. The van der Waals surface area contributed by atoms with Gasteiger partial charge in [0, 0.05) is 9.35 Å². The quantitative estimate of drug-likeness (QED) is 0.789. The Hall–Kier alpha value is -0.560. The van der Waals surface area contributed by atoms with Crippen molar-refractivity contribution in [3.8, 4) is 0 Å². The summed E-state index contributed by atoms with van der Waals surface area (Å²) in [7, 11) is 0. The SMILES string of the molecule is Cl.N[C@@H](c1cccs1)c1cc(C(F)(F)F)ccc1Br. The fraction of sp³-hybridized carbons (Fsp3) is 0.167. The van der Waals surface area contributed by atoms with Crippen LogP contribution in [0.25, 0.3) is 0 Å². The van der Waals surface area contributed by atoms with Crippen LogP contribution in [0.1, 0.15) is 22.0 Å². The van der Waals surface area contributed by atoms with Gasteiger partial charge in [-0.25, -0.2) is 0 Å². The Morgan fingerprint density at radius 2 is 1.89 bits per heavy atom. The highest BCUT2D eigenvalue weighted by Gasteiger charge is 2.31. The minimum Gasteiger partial charge on any atom is -0.320 e. The van der Waals surface area contributed by atoms with Gasteiger partial charge in [0.15, 0.2) is 0 Å². The van der Waals surface area contributed by atoms with Crippen molar-refractivity contribution >= 4 is 39.7 Å². The molecule has 0 saturated carbocycles. The van der Waals surface area contributed by atoms with Crippen LogP contribution >= 0.6 is 39.7 Å². The van der Waals surface area contributed by atoms with E-state index in [1.807, 2.05) is 17.5 Å². The smallest absolute Gasteiger partial charge is 0.320 e. The highest BCUT2D eigenvalue weighted by atomic mass is 79.9. The lowest BCUT2D eigenvalue weighted by atomic mass is 10.0. The molecule has 0 aliphatic carbocycles. The number of alkyl halides is 3. The third-order valence-corrected chi connectivity index (χ3v) is 4.19. The van der Waals surface area contributed by atoms with Crippen LogP contribution in [0.3, 0.4) is 0 Å². The zero-order valence-electron chi connectivity index (χ0n) is 9.45. The van der Waals surface area contributed by atoms with E-state index in [-0.39, 0.29) is 12.4 Å². The van der Waals surface area contributed by atoms with Gasteiger partial charge in [0.2, 0.25) is 0 Å². The van der Waals surface area contributed by atoms with Crippen molar-refractivity contribution in [3.05, 3.63) is 56.2 Å². The van der Waals surface area contributed by atoms with Gasteiger partial charge in [0.05, 0.1) is 11.6 Å². The first-order valence-electron chi connectivity index (χ1n) is 5.05. The van der Waals surface area contributed by atoms with E-state index in [4.69, 9.17) is 5.73 Å². The van der Waals surface area contributed by atoms with Crippen molar-refractivity contribution in [2.75, 3.05) is 0 Å². The molecule has 2 aromatic rings. The summed E-state index contributed by atoms with van der Waals surface area (Å²) in [6.07, 6.45) is -4.36. The van der Waals surface area contributed by atoms with E-state index in [1.54, 1.807) is 0 Å². The van der Waals surface area contributed by atoms with Crippen molar-refractivity contribution in [2.45, 2.75) is 12.2 Å². The molecule has 0 aliphatic heterocycles. The predicted molar refractivity (Wildman–Crippen MR) is 76.7 cm³/mol. The van der Waals surface area contributed by atoms with Crippen LogP contribution in [0, 0.1) is 0 Å². The van der Waals surface area contributed by atoms with Crippen LogP contribution in [0.15, 0.2) is 40.2 Å². The second-order valence-corrected chi connectivity index (χ2v) is 5.56. The molecule has 7 heteroatoms. The van der Waals surface area contributed by atoms with Crippen molar-refractivity contribution in [3.63, 3.8) is 0 Å². The second kappa shape index (κ2) is 6.26. The second-order valence-electron chi connectivity index (χ2n) is 3.73. The van der Waals surface area contributed by atoms with Crippen LogP contribution in [0.2, 0.25) is 0 Å². The molecule has 1 aromatic carbocycles. The first-order chi connectivity index (χ1) is 8.39. The Labute approximate surface area is 127 Å². The number of halogens is 5. The normalized spacial score (nSPS) is 12.9. The van der Waals surface area contributed by atoms with Gasteiger partial charge in [-0.3, -0.25) is 0 Å². The molecular weight excluding hydrogens is 363 g/mol. The first kappa shape index (κ1) is 16.5. The van der Waals surface area contributed by atoms with Gasteiger partial charge in [-0.2, -0.15) is 13.2 Å². The third-order valence-electron chi connectivity index (χ3n) is 2.51. The van der Waals surface area contributed by atoms with E-state index in [0.717, 1.165) is 17.0 Å². The Morgan fingerprint density at radius 3 is 2.42 bits per heavy atom. The zero-order valence-corrected chi connectivity index (χ0v) is 12.7. The highest BCUT2D eigenvalue weighted by Crippen LogP contribution is 2.35. The average Bonchev–Trinajstić information content (AvgIpc) is 2.80. The van der Waals surface area contributed by atoms with Gasteiger partial charge >= 0.3 is 6.18 Å². The molecule has 1 heterocycles. The minimum absolute atomic E-state index is 0. The summed E-state index contributed by atoms with van der Waals surface area (Å²) < 4.78 is 38.5. The topological polar surface area (TPSA) is 26.0 Å². The molecule has 0 spiro atoms. The van der Waals surface area contributed by atoms with Crippen LogP contribution in [0.4, 0.5) is 13.2 Å². The van der Waals surface area contributed by atoms with Crippen LogP contribution < -0.4 is 5.73 Å². The van der Waals surface area contributed by atoms with Crippen LogP contribution in [-0.2, 0) is 6.18 Å². The van der Waals surface area contributed by atoms with Gasteiger partial charge in [-0.05, 0) is 35.2 Å². The molecule has 0 aliphatic rings. The molecule has 19 heavy (non-hydrogen) atoms. The van der Waals surface area contributed by atoms with Gasteiger partial charge < -0.3 is 5.73 Å². The molecule has 104 valence electrons. The fourth-order valence-electron chi connectivity index (χ4n) is 1.58. The first-order valence-corrected chi connectivity index (χ1v) is 6.72. The third kappa shape index (κ3) is 3.72. The molecule has 0 unspecified atom stereocenters. The predicted octanol–water partition coefficient (Wildman–Crippen LogP) is 5.00. The molecule has 1 nitrogen and oxygen atoms in total. The number of rotatable bonds is 2. The van der Waals surface area contributed by atoms with E-state index in [0.29, 0.717) is 10.0 Å². The molecule has 0 saturated heterocycles. The van der Waals surface area contributed by atoms with Crippen molar-refractivity contribution in [2.24, 2.45) is 5.73 Å². The lowest BCUT2D eigenvalue weighted by Crippen LogP contribution is -2.13. The molecule has 0 amide bonds. The van der Waals surface area contributed by atoms with E-state index >= 15 is 0 Å². The summed E-state index contributed by atoms with van der Waals surface area (Å²) in [5, 5.41) is 1.84. The van der Waals surface area contributed by atoms with Crippen LogP contribution in [-0.4, -0.2) is 0 Å². The number of thiophene rings is 1. The molecule has 2 N–H and O–H groups in total. The molecule has 0 radical (unpaired) electrons. The van der Waals surface area contributed by atoms with Gasteiger partial charge in [-0.1, -0.05) is 22.0 Å². The molecule has 1 aromatic heterocycles. The van der Waals surface area contributed by atoms with Gasteiger partial charge in [-0.15, -0.1) is 23.7 Å².